The van der Waals surface area contributed by atoms with E-state index in [0.29, 0.717) is 18.4 Å². The largest absolute Gasteiger partial charge is 0.456 e. The molecule has 5 nitrogen and oxygen atoms in total. The van der Waals surface area contributed by atoms with Crippen LogP contribution in [0, 0.1) is 17.2 Å². The number of nitriles is 1. The Labute approximate surface area is 398 Å². The summed E-state index contributed by atoms with van der Waals surface area (Å²) in [5.74, 6) is 0.637. The SMILES string of the molecule is N#CC1CCC/C=C/C=C\c2c1c1ccccc1n2-c1ccc2oc3ccc(-n4c5c(c6cc(-c7ccccc7/C7=C/C=C\C=C/CC7CCCN)ccc64)C4CCC/C(=C/C=C\5)C4)cc3c2c1. The third-order valence-corrected chi connectivity index (χ3v) is 15.2. The van der Waals surface area contributed by atoms with Crippen molar-refractivity contribution in [2.45, 2.75) is 76.0 Å². The van der Waals surface area contributed by atoms with Crippen molar-refractivity contribution in [3.8, 4) is 28.6 Å². The zero-order valence-corrected chi connectivity index (χ0v) is 38.6. The van der Waals surface area contributed by atoms with Crippen LogP contribution in [0.25, 0.3) is 84.0 Å². The van der Waals surface area contributed by atoms with Gasteiger partial charge in [0.15, 0.2) is 0 Å². The first-order valence-corrected chi connectivity index (χ1v) is 24.9. The molecule has 3 unspecified atom stereocenters. The molecule has 2 bridgehead atoms. The minimum absolute atomic E-state index is 0.197. The number of fused-ring (bicyclic) bond motifs is 12. The fourth-order valence-electron chi connectivity index (χ4n) is 12.0. The highest BCUT2D eigenvalue weighted by atomic mass is 16.3. The standard InChI is InChI=1S/C63H56N4O/c64-36-16-22-43-19-6-4-5-8-23-49(43)51-25-11-10-24-50(51)44-30-33-57-55(38-44)62-45-21-14-17-42(37-45)18-15-29-59(62)67(57)48-32-35-61-54(40-48)53-39-47(31-34-60(53)68-61)66-56-27-13-12-26-52(56)63-46(41-65)20-7-2-1-3-9-28-58(63)66/h1,3-6,8-13,15,18,23-35,38-40,43,45-46H,2,7,14,16-17,19-22,36-37,64H2/b3-1+,6-4-,8-5-,28-9-,29-15-,42-18-,49-23+. The topological polar surface area (TPSA) is 72.8 Å². The summed E-state index contributed by atoms with van der Waals surface area (Å²) in [6, 6.07) is 40.8. The monoisotopic (exact) mass is 884 g/mol. The average Bonchev–Trinajstić information content (AvgIpc) is 4.01. The number of rotatable bonds is 7. The molecule has 1 saturated carbocycles. The maximum absolute atomic E-state index is 10.5. The van der Waals surface area contributed by atoms with Gasteiger partial charge in [-0.1, -0.05) is 115 Å². The van der Waals surface area contributed by atoms with E-state index < -0.39 is 0 Å². The summed E-state index contributed by atoms with van der Waals surface area (Å²) >= 11 is 0. The molecule has 12 rings (SSSR count). The number of nitrogens with zero attached hydrogens (tertiary/aromatic N) is 3. The molecule has 1 fully saturated rings. The predicted molar refractivity (Wildman–Crippen MR) is 284 cm³/mol. The molecule has 8 aromatic rings. The van der Waals surface area contributed by atoms with Crippen LogP contribution in [-0.4, -0.2) is 15.7 Å². The zero-order valence-electron chi connectivity index (χ0n) is 38.6. The number of aromatic nitrogens is 2. The molecule has 68 heavy (non-hydrogen) atoms. The molecule has 4 aliphatic rings. The van der Waals surface area contributed by atoms with Crippen molar-refractivity contribution in [2.24, 2.45) is 11.7 Å². The molecular weight excluding hydrogens is 829 g/mol. The van der Waals surface area contributed by atoms with Gasteiger partial charge in [-0.15, -0.1) is 0 Å². The number of nitrogens with two attached hydrogens (primary N) is 1. The summed E-state index contributed by atoms with van der Waals surface area (Å²) < 4.78 is 11.5. The van der Waals surface area contributed by atoms with Gasteiger partial charge in [-0.05, 0) is 177 Å². The summed E-state index contributed by atoms with van der Waals surface area (Å²) in [5, 5.41) is 15.2. The van der Waals surface area contributed by atoms with Gasteiger partial charge in [0, 0.05) is 38.5 Å². The molecule has 4 aliphatic carbocycles. The number of hydrogen-bond acceptors (Lipinski definition) is 3. The van der Waals surface area contributed by atoms with E-state index in [4.69, 9.17) is 10.2 Å². The Balaban J connectivity index is 1.03. The Bertz CT molecular complexity index is 3550. The van der Waals surface area contributed by atoms with Crippen LogP contribution in [0.4, 0.5) is 0 Å². The highest BCUT2D eigenvalue weighted by Gasteiger charge is 2.29. The zero-order chi connectivity index (χ0) is 45.6. The quantitative estimate of drug-likeness (QED) is 0.173. The van der Waals surface area contributed by atoms with Gasteiger partial charge in [0.25, 0.3) is 0 Å². The van der Waals surface area contributed by atoms with Crippen LogP contribution in [-0.2, 0) is 0 Å². The smallest absolute Gasteiger partial charge is 0.135 e. The van der Waals surface area contributed by atoms with Crippen molar-refractivity contribution in [1.82, 2.24) is 9.13 Å². The lowest BCUT2D eigenvalue weighted by atomic mass is 9.78. The van der Waals surface area contributed by atoms with Crippen molar-refractivity contribution in [3.63, 3.8) is 0 Å². The number of benzene rings is 5. The van der Waals surface area contributed by atoms with Crippen molar-refractivity contribution < 1.29 is 4.42 Å². The Hall–Kier alpha value is -7.39. The summed E-state index contributed by atoms with van der Waals surface area (Å²) in [6.07, 6.45) is 37.4. The van der Waals surface area contributed by atoms with Gasteiger partial charge in [-0.2, -0.15) is 5.26 Å². The van der Waals surface area contributed by atoms with Crippen molar-refractivity contribution in [1.29, 1.82) is 5.26 Å². The minimum Gasteiger partial charge on any atom is -0.456 e. The van der Waals surface area contributed by atoms with Crippen LogP contribution in [0.3, 0.4) is 0 Å². The Morgan fingerprint density at radius 1 is 0.647 bits per heavy atom. The first-order valence-electron chi connectivity index (χ1n) is 24.9. The number of para-hydroxylation sites is 1. The predicted octanol–water partition coefficient (Wildman–Crippen LogP) is 16.4. The molecule has 0 amide bonds. The van der Waals surface area contributed by atoms with Crippen molar-refractivity contribution in [2.75, 3.05) is 6.54 Å². The molecule has 5 heteroatoms. The van der Waals surface area contributed by atoms with Gasteiger partial charge in [0.05, 0.1) is 34.4 Å². The van der Waals surface area contributed by atoms with E-state index in [1.54, 1.807) is 5.57 Å². The van der Waals surface area contributed by atoms with Gasteiger partial charge in [0.1, 0.15) is 11.2 Å². The molecule has 5 aromatic carbocycles. The fraction of sp³-hybridized carbons (Fsp3) is 0.222. The van der Waals surface area contributed by atoms with Gasteiger partial charge < -0.3 is 19.3 Å². The molecule has 3 atom stereocenters. The van der Waals surface area contributed by atoms with Crippen molar-refractivity contribution >= 4 is 61.5 Å². The first-order chi connectivity index (χ1) is 33.7. The number of hydrogen-bond donors (Lipinski definition) is 1. The number of furan rings is 1. The summed E-state index contributed by atoms with van der Waals surface area (Å²) in [6.45, 7) is 0.703. The number of allylic oxidation sites excluding steroid dienone is 12. The summed E-state index contributed by atoms with van der Waals surface area (Å²) in [4.78, 5) is 0. The third-order valence-electron chi connectivity index (χ3n) is 15.2. The lowest BCUT2D eigenvalue weighted by Crippen LogP contribution is -2.10. The summed E-state index contributed by atoms with van der Waals surface area (Å²) in [5.41, 5.74) is 24.0. The van der Waals surface area contributed by atoms with E-state index in [1.165, 1.54) is 63.7 Å². The maximum Gasteiger partial charge on any atom is 0.135 e. The van der Waals surface area contributed by atoms with Gasteiger partial charge in [-0.25, -0.2) is 0 Å². The van der Waals surface area contributed by atoms with E-state index in [0.717, 1.165) is 100 Å². The van der Waals surface area contributed by atoms with Crippen LogP contribution >= 0.6 is 0 Å². The van der Waals surface area contributed by atoms with Crippen LogP contribution in [0.1, 0.15) is 104 Å². The van der Waals surface area contributed by atoms with E-state index in [-0.39, 0.29) is 5.92 Å². The molecule has 2 N–H and O–H groups in total. The Kier molecular flexibility index (Phi) is 11.1. The van der Waals surface area contributed by atoms with E-state index >= 15 is 0 Å². The average molecular weight is 885 g/mol. The second-order valence-electron chi connectivity index (χ2n) is 19.2. The molecule has 0 radical (unpaired) electrons. The highest BCUT2D eigenvalue weighted by Crippen LogP contribution is 2.47. The Morgan fingerprint density at radius 2 is 1.40 bits per heavy atom. The van der Waals surface area contributed by atoms with Gasteiger partial charge in [0.2, 0.25) is 0 Å². The lowest BCUT2D eigenvalue weighted by Gasteiger charge is -2.26. The second kappa shape index (κ2) is 18.0. The summed E-state index contributed by atoms with van der Waals surface area (Å²) in [7, 11) is 0. The first kappa shape index (κ1) is 42.0. The molecular formula is C63H56N4O. The van der Waals surface area contributed by atoms with Gasteiger partial charge >= 0.3 is 0 Å². The van der Waals surface area contributed by atoms with Crippen LogP contribution in [0.5, 0.6) is 0 Å². The highest BCUT2D eigenvalue weighted by molar-refractivity contribution is 6.07. The van der Waals surface area contributed by atoms with Gasteiger partial charge in [-0.3, -0.25) is 0 Å². The van der Waals surface area contributed by atoms with Crippen molar-refractivity contribution in [3.05, 3.63) is 198 Å². The maximum atomic E-state index is 10.5. The van der Waals surface area contributed by atoms with Crippen LogP contribution in [0.2, 0.25) is 0 Å². The normalized spacial score (nSPS) is 23.1. The van der Waals surface area contributed by atoms with E-state index in [1.807, 2.05) is 0 Å². The van der Waals surface area contributed by atoms with E-state index in [2.05, 4.69) is 191 Å². The molecule has 0 aliphatic heterocycles. The molecule has 0 spiro atoms. The Morgan fingerprint density at radius 3 is 2.22 bits per heavy atom. The van der Waals surface area contributed by atoms with E-state index in [9.17, 15) is 5.26 Å². The van der Waals surface area contributed by atoms with Crippen LogP contribution < -0.4 is 5.73 Å². The fourth-order valence-corrected chi connectivity index (χ4v) is 12.0. The molecule has 334 valence electrons. The molecule has 3 heterocycles. The lowest BCUT2D eigenvalue weighted by molar-refractivity contribution is 0.523. The molecule has 0 saturated heterocycles. The molecule has 3 aromatic heterocycles. The third kappa shape index (κ3) is 7.36. The minimum atomic E-state index is -0.197. The second-order valence-corrected chi connectivity index (χ2v) is 19.2. The van der Waals surface area contributed by atoms with Crippen LogP contribution in [0.15, 0.2) is 174 Å².